The number of aromatic nitrogens is 1. The number of thiophene rings is 1. The van der Waals surface area contributed by atoms with Gasteiger partial charge in [-0.05, 0) is 60.8 Å². The highest BCUT2D eigenvalue weighted by molar-refractivity contribution is 7.90. The molecule has 2 aromatic heterocycles. The summed E-state index contributed by atoms with van der Waals surface area (Å²) < 4.78 is 49.6. The van der Waals surface area contributed by atoms with Crippen molar-refractivity contribution in [1.29, 1.82) is 5.26 Å². The average Bonchev–Trinajstić information content (AvgIpc) is 3.54. The molecule has 0 unspecified atom stereocenters. The van der Waals surface area contributed by atoms with E-state index in [2.05, 4.69) is 6.07 Å². The molecule has 1 saturated heterocycles. The maximum atomic E-state index is 14.7. The van der Waals surface area contributed by atoms with Gasteiger partial charge in [-0.1, -0.05) is 29.8 Å². The molecule has 41 heavy (non-hydrogen) atoms. The van der Waals surface area contributed by atoms with E-state index in [0.29, 0.717) is 51.3 Å². The number of fused-ring (bicyclic) bond motifs is 1. The molecule has 0 spiro atoms. The molecule has 0 radical (unpaired) electrons. The van der Waals surface area contributed by atoms with E-state index in [4.69, 9.17) is 4.74 Å². The third-order valence-corrected chi connectivity index (χ3v) is 9.93. The van der Waals surface area contributed by atoms with Gasteiger partial charge in [0.25, 0.3) is 10.0 Å². The van der Waals surface area contributed by atoms with Gasteiger partial charge in [-0.2, -0.15) is 5.26 Å². The molecule has 3 heterocycles. The highest BCUT2D eigenvalue weighted by Gasteiger charge is 2.35. The van der Waals surface area contributed by atoms with E-state index in [1.54, 1.807) is 41.8 Å². The Morgan fingerprint density at radius 3 is 2.54 bits per heavy atom. The number of nitrogens with zero attached hydrogens (tertiary/aromatic N) is 3. The first-order chi connectivity index (χ1) is 19.7. The Morgan fingerprint density at radius 1 is 1.07 bits per heavy atom. The SMILES string of the molecule is COC(=O)C1CN(c2cccc(-c3c(-c4ccsc4C#N)c4cc(F)ccc4n3S(=O)(=O)c3ccc(C)cc3)c2)C1. The number of anilines is 1. The summed E-state index contributed by atoms with van der Waals surface area (Å²) in [7, 11) is -2.81. The standard InChI is InChI=1S/C31H24FN3O4S2/c1-19-6-9-24(10-7-19)41(37,38)35-27-11-8-22(32)15-26(27)29(25-12-13-40-28(25)16-33)30(35)20-4-3-5-23(14-20)34-17-21(18-34)31(36)39-2/h3-15,21H,17-18H2,1-2H3. The average molecular weight is 586 g/mol. The van der Waals surface area contributed by atoms with E-state index in [1.807, 2.05) is 30.0 Å². The van der Waals surface area contributed by atoms with Crippen LogP contribution in [0, 0.1) is 30.0 Å². The summed E-state index contributed by atoms with van der Waals surface area (Å²) in [5.41, 5.74) is 3.90. The second kappa shape index (κ2) is 10.2. The highest BCUT2D eigenvalue weighted by atomic mass is 32.2. The van der Waals surface area contributed by atoms with Gasteiger partial charge >= 0.3 is 5.97 Å². The molecular weight excluding hydrogens is 561 g/mol. The van der Waals surface area contributed by atoms with Gasteiger partial charge in [0, 0.05) is 40.9 Å². The number of methoxy groups -OCH3 is 1. The van der Waals surface area contributed by atoms with Gasteiger partial charge < -0.3 is 9.64 Å². The zero-order valence-corrected chi connectivity index (χ0v) is 23.8. The van der Waals surface area contributed by atoms with E-state index in [1.165, 1.54) is 40.6 Å². The number of ether oxygens (including phenoxy) is 1. The third-order valence-electron chi connectivity index (χ3n) is 7.38. The van der Waals surface area contributed by atoms with Crippen molar-refractivity contribution in [3.05, 3.63) is 94.4 Å². The van der Waals surface area contributed by atoms with Crippen LogP contribution < -0.4 is 4.90 Å². The second-order valence-electron chi connectivity index (χ2n) is 9.92. The summed E-state index contributed by atoms with van der Waals surface area (Å²) >= 11 is 1.24. The fraction of sp³-hybridized carbons (Fsp3) is 0.161. The lowest BCUT2D eigenvalue weighted by atomic mass is 9.96. The van der Waals surface area contributed by atoms with Crippen molar-refractivity contribution in [3.63, 3.8) is 0 Å². The minimum Gasteiger partial charge on any atom is -0.469 e. The molecule has 0 atom stereocenters. The normalized spacial score (nSPS) is 13.7. The van der Waals surface area contributed by atoms with Crippen LogP contribution in [0.2, 0.25) is 0 Å². The van der Waals surface area contributed by atoms with Crippen LogP contribution in [0.4, 0.5) is 10.1 Å². The Kier molecular flexibility index (Phi) is 6.64. The van der Waals surface area contributed by atoms with E-state index in [9.17, 15) is 22.9 Å². The maximum absolute atomic E-state index is 14.7. The molecule has 7 nitrogen and oxygen atoms in total. The zero-order chi connectivity index (χ0) is 28.9. The molecule has 0 saturated carbocycles. The zero-order valence-electron chi connectivity index (χ0n) is 22.2. The first-order valence-electron chi connectivity index (χ1n) is 12.8. The number of carbonyl (C=O) groups is 1. The van der Waals surface area contributed by atoms with Gasteiger partial charge in [-0.15, -0.1) is 11.3 Å². The molecule has 5 aromatic rings. The summed E-state index contributed by atoms with van der Waals surface area (Å²) in [5.74, 6) is -1.03. The van der Waals surface area contributed by atoms with Crippen molar-refractivity contribution < 1.29 is 22.3 Å². The molecule has 6 rings (SSSR count). The number of halogens is 1. The minimum absolute atomic E-state index is 0.0859. The Labute approximate surface area is 240 Å². The molecule has 0 bridgehead atoms. The van der Waals surface area contributed by atoms with Gasteiger partial charge in [0.15, 0.2) is 0 Å². The molecule has 0 amide bonds. The number of esters is 1. The van der Waals surface area contributed by atoms with E-state index >= 15 is 0 Å². The van der Waals surface area contributed by atoms with E-state index in [-0.39, 0.29) is 16.8 Å². The maximum Gasteiger partial charge on any atom is 0.312 e. The fourth-order valence-electron chi connectivity index (χ4n) is 5.28. The molecule has 3 aromatic carbocycles. The van der Waals surface area contributed by atoms with Gasteiger partial charge in [0.1, 0.15) is 16.8 Å². The number of aryl methyl sites for hydroxylation is 1. The molecule has 1 fully saturated rings. The molecule has 10 heteroatoms. The van der Waals surface area contributed by atoms with E-state index < -0.39 is 15.8 Å². The molecule has 1 aliphatic rings. The predicted octanol–water partition coefficient (Wildman–Crippen LogP) is 6.20. The van der Waals surface area contributed by atoms with Crippen LogP contribution in [-0.4, -0.2) is 38.6 Å². The number of rotatable bonds is 6. The lowest BCUT2D eigenvalue weighted by Crippen LogP contribution is -2.50. The lowest BCUT2D eigenvalue weighted by molar-refractivity contribution is -0.146. The van der Waals surface area contributed by atoms with Crippen LogP contribution in [0.15, 0.2) is 83.1 Å². The van der Waals surface area contributed by atoms with Crippen molar-refractivity contribution in [2.24, 2.45) is 5.92 Å². The van der Waals surface area contributed by atoms with Crippen molar-refractivity contribution >= 4 is 43.9 Å². The summed E-state index contributed by atoms with van der Waals surface area (Å²) in [6.07, 6.45) is 0. The van der Waals surface area contributed by atoms with Gasteiger partial charge in [-0.3, -0.25) is 4.79 Å². The van der Waals surface area contributed by atoms with Crippen molar-refractivity contribution in [1.82, 2.24) is 3.97 Å². The monoisotopic (exact) mass is 585 g/mol. The van der Waals surface area contributed by atoms with Crippen LogP contribution in [0.25, 0.3) is 33.3 Å². The van der Waals surface area contributed by atoms with Gasteiger partial charge in [0.2, 0.25) is 0 Å². The summed E-state index contributed by atoms with van der Waals surface area (Å²) in [6, 6.07) is 21.9. The Balaban J connectivity index is 1.64. The van der Waals surface area contributed by atoms with Crippen molar-refractivity contribution in [2.45, 2.75) is 11.8 Å². The van der Waals surface area contributed by atoms with Crippen LogP contribution in [0.5, 0.6) is 0 Å². The Morgan fingerprint density at radius 2 is 1.83 bits per heavy atom. The van der Waals surface area contributed by atoms with Gasteiger partial charge in [0.05, 0.1) is 29.1 Å². The van der Waals surface area contributed by atoms with Crippen molar-refractivity contribution in [3.8, 4) is 28.5 Å². The largest absolute Gasteiger partial charge is 0.469 e. The highest BCUT2D eigenvalue weighted by Crippen LogP contribution is 2.46. The van der Waals surface area contributed by atoms with Crippen LogP contribution in [0.1, 0.15) is 10.4 Å². The van der Waals surface area contributed by atoms with Crippen molar-refractivity contribution in [2.75, 3.05) is 25.1 Å². The molecule has 0 aliphatic carbocycles. The fourth-order valence-corrected chi connectivity index (χ4v) is 7.52. The topological polar surface area (TPSA) is 92.4 Å². The summed E-state index contributed by atoms with van der Waals surface area (Å²) in [4.78, 5) is 14.4. The molecular formula is C31H24FN3O4S2. The van der Waals surface area contributed by atoms with E-state index in [0.717, 1.165) is 11.3 Å². The quantitative estimate of drug-likeness (QED) is 0.220. The molecule has 206 valence electrons. The number of benzene rings is 3. The molecule has 1 aliphatic heterocycles. The third kappa shape index (κ3) is 4.47. The van der Waals surface area contributed by atoms with Crippen LogP contribution in [-0.2, 0) is 19.6 Å². The Bertz CT molecular complexity index is 1960. The van der Waals surface area contributed by atoms with Crippen LogP contribution in [0.3, 0.4) is 0 Å². The molecule has 0 N–H and O–H groups in total. The number of hydrogen-bond acceptors (Lipinski definition) is 7. The predicted molar refractivity (Wildman–Crippen MR) is 157 cm³/mol. The lowest BCUT2D eigenvalue weighted by Gasteiger charge is -2.39. The smallest absolute Gasteiger partial charge is 0.312 e. The number of carbonyl (C=O) groups excluding carboxylic acids is 1. The number of hydrogen-bond donors (Lipinski definition) is 0. The second-order valence-corrected chi connectivity index (χ2v) is 12.6. The van der Waals surface area contributed by atoms with Crippen LogP contribution >= 0.6 is 11.3 Å². The minimum atomic E-state index is -4.17. The first-order valence-corrected chi connectivity index (χ1v) is 15.1. The first kappa shape index (κ1) is 26.7. The summed E-state index contributed by atoms with van der Waals surface area (Å²) in [6.45, 7) is 2.82. The van der Waals surface area contributed by atoms with Gasteiger partial charge in [-0.25, -0.2) is 16.8 Å². The summed E-state index contributed by atoms with van der Waals surface area (Å²) in [5, 5.41) is 12.0. The number of nitriles is 1. The Hall–Kier alpha value is -4.46.